The molecule has 1 rings (SSSR count). The molecule has 0 radical (unpaired) electrons. The van der Waals surface area contributed by atoms with Crippen LogP contribution in [0.5, 0.6) is 0 Å². The molecule has 0 bridgehead atoms. The van der Waals surface area contributed by atoms with Crippen LogP contribution in [0.15, 0.2) is 24.3 Å². The fourth-order valence-corrected chi connectivity index (χ4v) is 2.28. The summed E-state index contributed by atoms with van der Waals surface area (Å²) in [5.41, 5.74) is 2.56. The van der Waals surface area contributed by atoms with Crippen molar-refractivity contribution in [1.29, 1.82) is 0 Å². The van der Waals surface area contributed by atoms with Crippen LogP contribution in [-0.2, 0) is 22.4 Å². The average Bonchev–Trinajstić information content (AvgIpc) is 2.36. The van der Waals surface area contributed by atoms with Crippen molar-refractivity contribution in [2.24, 2.45) is 17.8 Å². The summed E-state index contributed by atoms with van der Waals surface area (Å²) in [6, 6.07) is 8.61. The van der Waals surface area contributed by atoms with E-state index >= 15 is 0 Å². The molecule has 1 atom stereocenters. The molecule has 0 aromatic heterocycles. The molecule has 19 heavy (non-hydrogen) atoms. The molecule has 0 aliphatic carbocycles. The van der Waals surface area contributed by atoms with Gasteiger partial charge >= 0.3 is 5.97 Å². The van der Waals surface area contributed by atoms with Gasteiger partial charge in [0, 0.05) is 0 Å². The van der Waals surface area contributed by atoms with Crippen LogP contribution in [-0.4, -0.2) is 13.1 Å². The van der Waals surface area contributed by atoms with Crippen LogP contribution in [0.25, 0.3) is 0 Å². The van der Waals surface area contributed by atoms with Crippen LogP contribution in [0.3, 0.4) is 0 Å². The molecule has 106 valence electrons. The zero-order valence-electron chi connectivity index (χ0n) is 12.8. The number of hydrogen-bond donors (Lipinski definition) is 0. The van der Waals surface area contributed by atoms with Gasteiger partial charge in [0.05, 0.1) is 13.0 Å². The molecule has 2 heteroatoms. The number of hydrogen-bond acceptors (Lipinski definition) is 2. The lowest BCUT2D eigenvalue weighted by Crippen LogP contribution is -2.23. The molecule has 0 amide bonds. The Morgan fingerprint density at radius 2 is 1.47 bits per heavy atom. The Bertz CT molecular complexity index is 390. The van der Waals surface area contributed by atoms with Crippen molar-refractivity contribution in [3.05, 3.63) is 35.4 Å². The number of carbonyl (C=O) groups is 1. The third kappa shape index (κ3) is 5.06. The Morgan fingerprint density at radius 1 is 1.00 bits per heavy atom. The standard InChI is InChI=1S/C17H26O2/c1-12(2)10-14-6-8-15(9-7-14)11-16(13(3)4)17(18)19-5/h6-9,12-13,16H,10-11H2,1-5H3. The Morgan fingerprint density at radius 3 is 1.84 bits per heavy atom. The lowest BCUT2D eigenvalue weighted by molar-refractivity contribution is -0.146. The molecule has 0 aliphatic rings. The lowest BCUT2D eigenvalue weighted by Gasteiger charge is -2.18. The van der Waals surface area contributed by atoms with Crippen LogP contribution in [0, 0.1) is 17.8 Å². The average molecular weight is 262 g/mol. The lowest BCUT2D eigenvalue weighted by atomic mass is 9.89. The van der Waals surface area contributed by atoms with E-state index in [4.69, 9.17) is 4.74 Å². The quantitative estimate of drug-likeness (QED) is 0.727. The van der Waals surface area contributed by atoms with Crippen molar-refractivity contribution in [3.8, 4) is 0 Å². The van der Waals surface area contributed by atoms with Crippen LogP contribution < -0.4 is 0 Å². The summed E-state index contributed by atoms with van der Waals surface area (Å²) in [4.78, 5) is 11.7. The summed E-state index contributed by atoms with van der Waals surface area (Å²) in [6.07, 6.45) is 1.86. The molecule has 0 aliphatic heterocycles. The van der Waals surface area contributed by atoms with Crippen LogP contribution in [0.2, 0.25) is 0 Å². The van der Waals surface area contributed by atoms with Gasteiger partial charge in [-0.25, -0.2) is 0 Å². The summed E-state index contributed by atoms with van der Waals surface area (Å²) < 4.78 is 4.88. The van der Waals surface area contributed by atoms with Crippen molar-refractivity contribution in [2.75, 3.05) is 7.11 Å². The predicted octanol–water partition coefficient (Wildman–Crippen LogP) is 3.87. The van der Waals surface area contributed by atoms with Crippen LogP contribution in [0.1, 0.15) is 38.8 Å². The van der Waals surface area contributed by atoms with Gasteiger partial charge < -0.3 is 4.74 Å². The molecule has 1 aromatic rings. The number of carbonyl (C=O) groups excluding carboxylic acids is 1. The molecule has 0 spiro atoms. The second kappa shape index (κ2) is 7.32. The first-order valence-electron chi connectivity index (χ1n) is 7.09. The van der Waals surface area contributed by atoms with Gasteiger partial charge in [-0.1, -0.05) is 52.0 Å². The Balaban J connectivity index is 2.72. The first-order chi connectivity index (χ1) is 8.93. The highest BCUT2D eigenvalue weighted by Gasteiger charge is 2.23. The number of ether oxygens (including phenoxy) is 1. The summed E-state index contributed by atoms with van der Waals surface area (Å²) >= 11 is 0. The first-order valence-corrected chi connectivity index (χ1v) is 7.09. The summed E-state index contributed by atoms with van der Waals surface area (Å²) in [7, 11) is 1.46. The number of benzene rings is 1. The van der Waals surface area contributed by atoms with E-state index < -0.39 is 0 Å². The van der Waals surface area contributed by atoms with Crippen LogP contribution >= 0.6 is 0 Å². The van der Waals surface area contributed by atoms with Crippen molar-refractivity contribution < 1.29 is 9.53 Å². The van der Waals surface area contributed by atoms with Gasteiger partial charge in [-0.15, -0.1) is 0 Å². The van der Waals surface area contributed by atoms with E-state index in [2.05, 4.69) is 52.0 Å². The Kier molecular flexibility index (Phi) is 6.07. The predicted molar refractivity (Wildman–Crippen MR) is 79.0 cm³/mol. The second-order valence-electron chi connectivity index (χ2n) is 5.99. The SMILES string of the molecule is COC(=O)C(Cc1ccc(CC(C)C)cc1)C(C)C. The topological polar surface area (TPSA) is 26.3 Å². The van der Waals surface area contributed by atoms with Crippen molar-refractivity contribution in [2.45, 2.75) is 40.5 Å². The van der Waals surface area contributed by atoms with Crippen molar-refractivity contribution in [1.82, 2.24) is 0 Å². The maximum absolute atomic E-state index is 11.7. The van der Waals surface area contributed by atoms with Gasteiger partial charge in [0.15, 0.2) is 0 Å². The molecule has 1 aromatic carbocycles. The minimum atomic E-state index is -0.110. The van der Waals surface area contributed by atoms with E-state index in [1.807, 2.05) is 0 Å². The fraction of sp³-hybridized carbons (Fsp3) is 0.588. The Labute approximate surface area is 117 Å². The molecular formula is C17H26O2. The number of esters is 1. The smallest absolute Gasteiger partial charge is 0.309 e. The minimum absolute atomic E-state index is 0.0547. The van der Waals surface area contributed by atoms with E-state index in [1.54, 1.807) is 0 Å². The van der Waals surface area contributed by atoms with Gasteiger partial charge in [0.2, 0.25) is 0 Å². The monoisotopic (exact) mass is 262 g/mol. The normalized spacial score (nSPS) is 12.8. The highest BCUT2D eigenvalue weighted by Crippen LogP contribution is 2.19. The van der Waals surface area contributed by atoms with Crippen LogP contribution in [0.4, 0.5) is 0 Å². The molecule has 0 N–H and O–H groups in total. The molecular weight excluding hydrogens is 236 g/mol. The van der Waals surface area contributed by atoms with Crippen molar-refractivity contribution >= 4 is 5.97 Å². The van der Waals surface area contributed by atoms with Gasteiger partial charge in [-0.05, 0) is 35.8 Å². The van der Waals surface area contributed by atoms with Gasteiger partial charge in [0.1, 0.15) is 0 Å². The number of methoxy groups -OCH3 is 1. The van der Waals surface area contributed by atoms with E-state index in [1.165, 1.54) is 18.2 Å². The zero-order valence-corrected chi connectivity index (χ0v) is 12.8. The third-order valence-corrected chi connectivity index (χ3v) is 3.43. The third-order valence-electron chi connectivity index (χ3n) is 3.43. The number of rotatable bonds is 6. The maximum Gasteiger partial charge on any atom is 0.309 e. The van der Waals surface area contributed by atoms with E-state index in [0.717, 1.165) is 12.8 Å². The van der Waals surface area contributed by atoms with Gasteiger partial charge in [-0.2, -0.15) is 0 Å². The molecule has 1 unspecified atom stereocenters. The molecule has 0 saturated carbocycles. The van der Waals surface area contributed by atoms with E-state index in [-0.39, 0.29) is 11.9 Å². The minimum Gasteiger partial charge on any atom is -0.469 e. The highest BCUT2D eigenvalue weighted by molar-refractivity contribution is 5.72. The zero-order chi connectivity index (χ0) is 14.4. The Hall–Kier alpha value is -1.31. The van der Waals surface area contributed by atoms with E-state index in [0.29, 0.717) is 11.8 Å². The largest absolute Gasteiger partial charge is 0.469 e. The van der Waals surface area contributed by atoms with Gasteiger partial charge in [-0.3, -0.25) is 4.79 Å². The summed E-state index contributed by atoms with van der Waals surface area (Å²) in [5.74, 6) is 0.800. The maximum atomic E-state index is 11.7. The molecule has 0 heterocycles. The summed E-state index contributed by atoms with van der Waals surface area (Å²) in [5, 5.41) is 0. The summed E-state index contributed by atoms with van der Waals surface area (Å²) in [6.45, 7) is 8.57. The first kappa shape index (κ1) is 15.7. The molecule has 0 saturated heterocycles. The van der Waals surface area contributed by atoms with E-state index in [9.17, 15) is 4.79 Å². The van der Waals surface area contributed by atoms with Gasteiger partial charge in [0.25, 0.3) is 0 Å². The molecule has 2 nitrogen and oxygen atoms in total. The second-order valence-corrected chi connectivity index (χ2v) is 5.99. The van der Waals surface area contributed by atoms with Crippen molar-refractivity contribution in [3.63, 3.8) is 0 Å². The fourth-order valence-electron chi connectivity index (χ4n) is 2.28. The molecule has 0 fully saturated rings. The highest BCUT2D eigenvalue weighted by atomic mass is 16.5.